The van der Waals surface area contributed by atoms with Gasteiger partial charge in [0, 0.05) is 16.5 Å². The molecule has 0 radical (unpaired) electrons. The number of anilines is 1. The van der Waals surface area contributed by atoms with Gasteiger partial charge in [0.25, 0.3) is 0 Å². The van der Waals surface area contributed by atoms with E-state index in [2.05, 4.69) is 6.07 Å². The highest BCUT2D eigenvalue weighted by Crippen LogP contribution is 2.47. The number of carbonyl (C=O) groups is 2. The number of carbonyl (C=O) groups excluding carboxylic acids is 2. The number of allylic oxidation sites excluding steroid dienone is 2. The minimum Gasteiger partial charge on any atom is -0.457 e. The molecule has 2 N–H and O–H groups in total. The number of halogens is 2. The van der Waals surface area contributed by atoms with Gasteiger partial charge in [0.05, 0.1) is 33.3 Å². The monoisotopic (exact) mass is 535 g/mol. The number of hydrogen-bond donors (Lipinski definition) is 1. The molecule has 36 heavy (non-hydrogen) atoms. The normalized spacial score (nSPS) is 21.8. The average molecular weight is 536 g/mol. The van der Waals surface area contributed by atoms with Crippen molar-refractivity contribution in [3.63, 3.8) is 0 Å². The lowest BCUT2D eigenvalue weighted by Crippen LogP contribution is -2.34. The van der Waals surface area contributed by atoms with Crippen LogP contribution in [0.4, 0.5) is 5.69 Å². The molecule has 0 bridgehead atoms. The van der Waals surface area contributed by atoms with E-state index in [-0.39, 0.29) is 22.4 Å². The van der Waals surface area contributed by atoms with E-state index >= 15 is 0 Å². The standard InChI is InChI=1S/C27H19Cl2N3O3S/c1-14-2-5-16(6-3-14)32-26(33)23-18(20(13-30)25(31)36-24(23)27(32)34)10-7-17-8-11-22(35-17)19-9-4-15(28)12-21(19)29/h2-12,18,23-24H,31H2,1H3. The SMILES string of the molecule is Cc1ccc(N2C(=O)C3SC(N)=C(C#N)C(C=Cc4ccc(-c5ccc(Cl)cc5Cl)o4)C3C2=O)cc1. The average Bonchev–Trinajstić information content (AvgIpc) is 3.40. The smallest absolute Gasteiger partial charge is 0.248 e. The first-order valence-electron chi connectivity index (χ1n) is 11.0. The molecule has 3 aromatic rings. The molecule has 2 aromatic carbocycles. The van der Waals surface area contributed by atoms with Crippen molar-refractivity contribution in [2.45, 2.75) is 12.2 Å². The Kier molecular flexibility index (Phi) is 6.44. The van der Waals surface area contributed by atoms with Crippen molar-refractivity contribution in [1.82, 2.24) is 0 Å². The Balaban J connectivity index is 1.48. The summed E-state index contributed by atoms with van der Waals surface area (Å²) in [5, 5.41) is 10.3. The Morgan fingerprint density at radius 1 is 1.08 bits per heavy atom. The predicted octanol–water partition coefficient (Wildman–Crippen LogP) is 6.19. The molecule has 5 rings (SSSR count). The van der Waals surface area contributed by atoms with Crippen LogP contribution >= 0.6 is 35.0 Å². The second kappa shape index (κ2) is 9.55. The lowest BCUT2D eigenvalue weighted by atomic mass is 9.84. The summed E-state index contributed by atoms with van der Waals surface area (Å²) < 4.78 is 5.93. The molecule has 1 saturated heterocycles. The molecule has 2 aliphatic heterocycles. The van der Waals surface area contributed by atoms with E-state index in [0.29, 0.717) is 32.8 Å². The summed E-state index contributed by atoms with van der Waals surface area (Å²) >= 11 is 13.4. The van der Waals surface area contributed by atoms with E-state index in [9.17, 15) is 14.9 Å². The molecule has 6 nitrogen and oxygen atoms in total. The zero-order chi connectivity index (χ0) is 25.6. The molecule has 3 atom stereocenters. The number of imide groups is 1. The van der Waals surface area contributed by atoms with Crippen molar-refractivity contribution in [1.29, 1.82) is 5.26 Å². The predicted molar refractivity (Wildman–Crippen MR) is 142 cm³/mol. The minimum absolute atomic E-state index is 0.244. The Bertz CT molecular complexity index is 1490. The molecule has 0 aliphatic carbocycles. The van der Waals surface area contributed by atoms with Crippen LogP contribution in [0.1, 0.15) is 11.3 Å². The molecule has 2 amide bonds. The zero-order valence-corrected chi connectivity index (χ0v) is 21.3. The number of amides is 2. The van der Waals surface area contributed by atoms with Gasteiger partial charge in [0.2, 0.25) is 11.8 Å². The summed E-state index contributed by atoms with van der Waals surface area (Å²) in [5.74, 6) is -1.10. The summed E-state index contributed by atoms with van der Waals surface area (Å²) in [6.45, 7) is 1.93. The molecule has 0 saturated carbocycles. The van der Waals surface area contributed by atoms with Crippen LogP contribution in [0, 0.1) is 30.1 Å². The van der Waals surface area contributed by atoms with Gasteiger partial charge in [-0.2, -0.15) is 5.26 Å². The van der Waals surface area contributed by atoms with E-state index in [0.717, 1.165) is 17.3 Å². The summed E-state index contributed by atoms with van der Waals surface area (Å²) in [6.07, 6.45) is 3.39. The fourth-order valence-electron chi connectivity index (χ4n) is 4.45. The van der Waals surface area contributed by atoms with Crippen LogP contribution < -0.4 is 10.6 Å². The van der Waals surface area contributed by atoms with Crippen molar-refractivity contribution in [3.8, 4) is 17.4 Å². The number of furan rings is 1. The van der Waals surface area contributed by atoms with Crippen molar-refractivity contribution < 1.29 is 14.0 Å². The number of rotatable bonds is 4. The van der Waals surface area contributed by atoms with Gasteiger partial charge in [-0.3, -0.25) is 9.59 Å². The summed E-state index contributed by atoms with van der Waals surface area (Å²) in [4.78, 5) is 28.0. The van der Waals surface area contributed by atoms with Gasteiger partial charge in [0.15, 0.2) is 0 Å². The molecular weight excluding hydrogens is 517 g/mol. The van der Waals surface area contributed by atoms with Crippen molar-refractivity contribution >= 4 is 58.5 Å². The topological polar surface area (TPSA) is 100 Å². The first-order valence-corrected chi connectivity index (χ1v) is 12.7. The van der Waals surface area contributed by atoms with Gasteiger partial charge >= 0.3 is 0 Å². The third kappa shape index (κ3) is 4.22. The van der Waals surface area contributed by atoms with E-state index in [1.54, 1.807) is 54.6 Å². The largest absolute Gasteiger partial charge is 0.457 e. The first-order chi connectivity index (χ1) is 17.3. The van der Waals surface area contributed by atoms with Crippen molar-refractivity contribution in [2.75, 3.05) is 4.90 Å². The van der Waals surface area contributed by atoms with Crippen molar-refractivity contribution in [2.24, 2.45) is 17.6 Å². The highest BCUT2D eigenvalue weighted by atomic mass is 35.5. The number of nitrogens with zero attached hydrogens (tertiary/aromatic N) is 2. The first kappa shape index (κ1) is 24.3. The fraction of sp³-hybridized carbons (Fsp3) is 0.148. The molecule has 1 aromatic heterocycles. The number of fused-ring (bicyclic) bond motifs is 1. The molecule has 2 aliphatic rings. The van der Waals surface area contributed by atoms with Gasteiger partial charge in [-0.05, 0) is 55.5 Å². The second-order valence-electron chi connectivity index (χ2n) is 8.51. The molecule has 3 unspecified atom stereocenters. The molecule has 1 fully saturated rings. The van der Waals surface area contributed by atoms with E-state index in [1.807, 2.05) is 19.1 Å². The zero-order valence-electron chi connectivity index (χ0n) is 18.9. The van der Waals surface area contributed by atoms with Crippen LogP contribution in [0.25, 0.3) is 17.4 Å². The van der Waals surface area contributed by atoms with Gasteiger partial charge in [0.1, 0.15) is 16.8 Å². The highest BCUT2D eigenvalue weighted by molar-refractivity contribution is 8.04. The Morgan fingerprint density at radius 3 is 2.53 bits per heavy atom. The summed E-state index contributed by atoms with van der Waals surface area (Å²) in [5.41, 5.74) is 8.64. The molecule has 3 heterocycles. The van der Waals surface area contributed by atoms with Gasteiger partial charge < -0.3 is 10.2 Å². The summed E-state index contributed by atoms with van der Waals surface area (Å²) in [7, 11) is 0. The maximum atomic E-state index is 13.5. The summed E-state index contributed by atoms with van der Waals surface area (Å²) in [6, 6.07) is 17.9. The van der Waals surface area contributed by atoms with E-state index in [1.165, 1.54) is 4.90 Å². The Labute approximate surface area is 222 Å². The van der Waals surface area contributed by atoms with Gasteiger partial charge in [-0.25, -0.2) is 4.90 Å². The van der Waals surface area contributed by atoms with Crippen LogP contribution in [0.3, 0.4) is 0 Å². The number of nitriles is 1. The van der Waals surface area contributed by atoms with Crippen LogP contribution in [0.5, 0.6) is 0 Å². The van der Waals surface area contributed by atoms with Crippen LogP contribution in [0.2, 0.25) is 10.0 Å². The molecular formula is C27H19Cl2N3O3S. The molecule has 9 heteroatoms. The number of hydrogen-bond acceptors (Lipinski definition) is 6. The van der Waals surface area contributed by atoms with Crippen LogP contribution in [0.15, 0.2) is 75.7 Å². The second-order valence-corrected chi connectivity index (χ2v) is 10.5. The van der Waals surface area contributed by atoms with Gasteiger partial charge in [-0.1, -0.05) is 58.7 Å². The minimum atomic E-state index is -0.762. The van der Waals surface area contributed by atoms with Gasteiger partial charge in [-0.15, -0.1) is 0 Å². The highest BCUT2D eigenvalue weighted by Gasteiger charge is 2.55. The maximum Gasteiger partial charge on any atom is 0.248 e. The molecule has 180 valence electrons. The number of nitrogens with two attached hydrogens (primary N) is 1. The lowest BCUT2D eigenvalue weighted by molar-refractivity contribution is -0.122. The maximum absolute atomic E-state index is 13.5. The van der Waals surface area contributed by atoms with E-state index < -0.39 is 17.1 Å². The third-order valence-electron chi connectivity index (χ3n) is 6.24. The quantitative estimate of drug-likeness (QED) is 0.399. The van der Waals surface area contributed by atoms with E-state index in [4.69, 9.17) is 33.4 Å². The number of aryl methyl sites for hydroxylation is 1. The lowest BCUT2D eigenvalue weighted by Gasteiger charge is -2.28. The molecule has 0 spiro atoms. The van der Waals surface area contributed by atoms with Crippen LogP contribution in [-0.4, -0.2) is 17.1 Å². The number of benzene rings is 2. The number of thioether (sulfide) groups is 1. The third-order valence-corrected chi connectivity index (χ3v) is 8.01. The Morgan fingerprint density at radius 2 is 1.83 bits per heavy atom. The van der Waals surface area contributed by atoms with Crippen LogP contribution in [-0.2, 0) is 9.59 Å². The Hall–Kier alpha value is -3.44. The van der Waals surface area contributed by atoms with Crippen molar-refractivity contribution in [3.05, 3.63) is 92.6 Å². The fourth-order valence-corrected chi connectivity index (χ4v) is 6.17.